The quantitative estimate of drug-likeness (QED) is 0.935. The molecule has 2 N–H and O–H groups in total. The Bertz CT molecular complexity index is 529. The molecule has 1 fully saturated rings. The van der Waals surface area contributed by atoms with E-state index in [0.29, 0.717) is 5.13 Å². The van der Waals surface area contributed by atoms with Crippen molar-refractivity contribution in [2.45, 2.75) is 26.4 Å². The van der Waals surface area contributed by atoms with Crippen molar-refractivity contribution in [1.82, 2.24) is 19.8 Å². The van der Waals surface area contributed by atoms with Gasteiger partial charge in [-0.05, 0) is 26.4 Å². The van der Waals surface area contributed by atoms with Crippen LogP contribution < -0.4 is 5.73 Å². The number of nitrogens with zero attached hydrogens (tertiary/aromatic N) is 4. The number of aromatic nitrogens is 2. The first-order chi connectivity index (χ1) is 10.2. The van der Waals surface area contributed by atoms with E-state index in [1.165, 1.54) is 17.0 Å². The van der Waals surface area contributed by atoms with Gasteiger partial charge in [0.05, 0.1) is 10.7 Å². The topological polar surface area (TPSA) is 58.3 Å². The molecule has 5 nitrogen and oxygen atoms in total. The van der Waals surface area contributed by atoms with Gasteiger partial charge >= 0.3 is 0 Å². The highest BCUT2D eigenvalue weighted by Gasteiger charge is 2.16. The van der Waals surface area contributed by atoms with Crippen molar-refractivity contribution in [2.75, 3.05) is 31.9 Å². The van der Waals surface area contributed by atoms with Crippen LogP contribution >= 0.6 is 22.7 Å². The zero-order valence-electron chi connectivity index (χ0n) is 12.3. The van der Waals surface area contributed by atoms with Gasteiger partial charge in [0.15, 0.2) is 5.13 Å². The van der Waals surface area contributed by atoms with Crippen molar-refractivity contribution in [3.8, 4) is 0 Å². The third-order valence-electron chi connectivity index (χ3n) is 3.68. The smallest absolute Gasteiger partial charge is 0.180 e. The standard InChI is InChI=1S/C14H21N5S2/c1-11-17-12(10-20-11)8-18-3-2-4-19(6-5-18)9-13-7-16-14(15)21-13/h7,10H,2-6,8-9H2,1H3,(H2,15,16). The predicted octanol–water partition coefficient (Wildman–Crippen LogP) is 2.20. The molecule has 3 rings (SSSR count). The molecule has 3 heterocycles. The summed E-state index contributed by atoms with van der Waals surface area (Å²) in [7, 11) is 0. The zero-order valence-corrected chi connectivity index (χ0v) is 13.9. The zero-order chi connectivity index (χ0) is 14.7. The number of nitrogens with two attached hydrogens (primary N) is 1. The van der Waals surface area contributed by atoms with E-state index in [2.05, 4.69) is 32.1 Å². The highest BCUT2D eigenvalue weighted by atomic mass is 32.1. The van der Waals surface area contributed by atoms with Gasteiger partial charge in [0.1, 0.15) is 0 Å². The first-order valence-electron chi connectivity index (χ1n) is 7.25. The second-order valence-corrected chi connectivity index (χ2v) is 7.64. The number of nitrogen functional groups attached to an aromatic ring is 1. The van der Waals surface area contributed by atoms with Gasteiger partial charge in [-0.2, -0.15) is 0 Å². The monoisotopic (exact) mass is 323 g/mol. The maximum Gasteiger partial charge on any atom is 0.180 e. The maximum atomic E-state index is 5.70. The SMILES string of the molecule is Cc1nc(CN2CCCN(Cc3cnc(N)s3)CC2)cs1. The highest BCUT2D eigenvalue weighted by molar-refractivity contribution is 7.15. The van der Waals surface area contributed by atoms with Crippen LogP contribution in [0.25, 0.3) is 0 Å². The maximum absolute atomic E-state index is 5.70. The third-order valence-corrected chi connectivity index (χ3v) is 5.32. The average Bonchev–Trinajstić information content (AvgIpc) is 2.96. The van der Waals surface area contributed by atoms with Gasteiger partial charge in [0.2, 0.25) is 0 Å². The minimum Gasteiger partial charge on any atom is -0.375 e. The molecule has 0 aromatic carbocycles. The van der Waals surface area contributed by atoms with Crippen molar-refractivity contribution >= 4 is 27.8 Å². The molecule has 2 aromatic rings. The van der Waals surface area contributed by atoms with E-state index in [4.69, 9.17) is 5.73 Å². The van der Waals surface area contributed by atoms with E-state index in [9.17, 15) is 0 Å². The van der Waals surface area contributed by atoms with Crippen LogP contribution in [-0.2, 0) is 13.1 Å². The lowest BCUT2D eigenvalue weighted by molar-refractivity contribution is 0.247. The number of thiazole rings is 2. The predicted molar refractivity (Wildman–Crippen MR) is 88.5 cm³/mol. The number of hydrogen-bond donors (Lipinski definition) is 1. The largest absolute Gasteiger partial charge is 0.375 e. The van der Waals surface area contributed by atoms with Gasteiger partial charge in [0, 0.05) is 42.6 Å². The van der Waals surface area contributed by atoms with Crippen molar-refractivity contribution in [1.29, 1.82) is 0 Å². The van der Waals surface area contributed by atoms with E-state index in [1.54, 1.807) is 22.7 Å². The van der Waals surface area contributed by atoms with Crippen LogP contribution in [0.1, 0.15) is 22.0 Å². The summed E-state index contributed by atoms with van der Waals surface area (Å²) >= 11 is 3.33. The van der Waals surface area contributed by atoms with Crippen molar-refractivity contribution in [3.63, 3.8) is 0 Å². The average molecular weight is 323 g/mol. The third kappa shape index (κ3) is 4.23. The first kappa shape index (κ1) is 14.9. The summed E-state index contributed by atoms with van der Waals surface area (Å²) in [4.78, 5) is 15.0. The Morgan fingerprint density at radius 2 is 1.95 bits per heavy atom. The van der Waals surface area contributed by atoms with Crippen LogP contribution in [0.4, 0.5) is 5.13 Å². The summed E-state index contributed by atoms with van der Waals surface area (Å²) in [5, 5.41) is 4.00. The number of aryl methyl sites for hydroxylation is 1. The minimum atomic E-state index is 0.667. The Morgan fingerprint density at radius 3 is 2.57 bits per heavy atom. The summed E-state index contributed by atoms with van der Waals surface area (Å²) in [5.74, 6) is 0. The van der Waals surface area contributed by atoms with E-state index in [1.807, 2.05) is 6.20 Å². The number of anilines is 1. The van der Waals surface area contributed by atoms with Crippen molar-refractivity contribution in [2.24, 2.45) is 0 Å². The molecule has 0 atom stereocenters. The molecule has 114 valence electrons. The summed E-state index contributed by atoms with van der Waals surface area (Å²) in [6.45, 7) is 8.51. The fraction of sp³-hybridized carbons (Fsp3) is 0.571. The molecular weight excluding hydrogens is 302 g/mol. The molecule has 0 aliphatic carbocycles. The fourth-order valence-corrected chi connectivity index (χ4v) is 4.00. The van der Waals surface area contributed by atoms with E-state index in [-0.39, 0.29) is 0 Å². The summed E-state index contributed by atoms with van der Waals surface area (Å²) in [6, 6.07) is 0. The highest BCUT2D eigenvalue weighted by Crippen LogP contribution is 2.18. The lowest BCUT2D eigenvalue weighted by Crippen LogP contribution is -2.30. The summed E-state index contributed by atoms with van der Waals surface area (Å²) < 4.78 is 0. The van der Waals surface area contributed by atoms with Crippen LogP contribution in [0.15, 0.2) is 11.6 Å². The number of rotatable bonds is 4. The molecule has 21 heavy (non-hydrogen) atoms. The molecular formula is C14H21N5S2. The molecule has 0 amide bonds. The van der Waals surface area contributed by atoms with Crippen molar-refractivity contribution < 1.29 is 0 Å². The molecule has 0 radical (unpaired) electrons. The van der Waals surface area contributed by atoms with Crippen LogP contribution in [0.3, 0.4) is 0 Å². The second-order valence-electron chi connectivity index (χ2n) is 5.43. The first-order valence-corrected chi connectivity index (χ1v) is 8.94. The molecule has 1 aliphatic rings. The Labute approximate surface area is 133 Å². The molecule has 0 bridgehead atoms. The molecule has 7 heteroatoms. The Hall–Kier alpha value is -1.02. The van der Waals surface area contributed by atoms with E-state index in [0.717, 1.165) is 44.3 Å². The normalized spacial score (nSPS) is 18.0. The summed E-state index contributed by atoms with van der Waals surface area (Å²) in [6.07, 6.45) is 3.11. The lowest BCUT2D eigenvalue weighted by Gasteiger charge is -2.20. The van der Waals surface area contributed by atoms with Gasteiger partial charge < -0.3 is 5.73 Å². The fourth-order valence-electron chi connectivity index (χ4n) is 2.67. The van der Waals surface area contributed by atoms with Gasteiger partial charge in [-0.15, -0.1) is 22.7 Å². The Balaban J connectivity index is 1.51. The molecule has 0 spiro atoms. The Morgan fingerprint density at radius 1 is 1.19 bits per heavy atom. The number of hydrogen-bond acceptors (Lipinski definition) is 7. The molecule has 2 aromatic heterocycles. The van der Waals surface area contributed by atoms with E-state index < -0.39 is 0 Å². The van der Waals surface area contributed by atoms with Crippen molar-refractivity contribution in [3.05, 3.63) is 27.2 Å². The van der Waals surface area contributed by atoms with Gasteiger partial charge in [-0.3, -0.25) is 9.80 Å². The summed E-state index contributed by atoms with van der Waals surface area (Å²) in [5.41, 5.74) is 6.91. The van der Waals surface area contributed by atoms with E-state index >= 15 is 0 Å². The molecule has 0 unspecified atom stereocenters. The Kier molecular flexibility index (Phi) is 4.84. The van der Waals surface area contributed by atoms with Crippen LogP contribution in [-0.4, -0.2) is 45.9 Å². The molecule has 1 saturated heterocycles. The van der Waals surface area contributed by atoms with Crippen LogP contribution in [0.2, 0.25) is 0 Å². The van der Waals surface area contributed by atoms with Gasteiger partial charge in [0.25, 0.3) is 0 Å². The lowest BCUT2D eigenvalue weighted by atomic mass is 10.3. The minimum absolute atomic E-state index is 0.667. The van der Waals surface area contributed by atoms with Crippen LogP contribution in [0.5, 0.6) is 0 Å². The van der Waals surface area contributed by atoms with Gasteiger partial charge in [-0.25, -0.2) is 9.97 Å². The van der Waals surface area contributed by atoms with Crippen LogP contribution in [0, 0.1) is 6.92 Å². The molecule has 0 saturated carbocycles. The second kappa shape index (κ2) is 6.83. The van der Waals surface area contributed by atoms with Gasteiger partial charge in [-0.1, -0.05) is 0 Å². The molecule has 1 aliphatic heterocycles.